The smallest absolute Gasteiger partial charge is 0.255 e. The van der Waals surface area contributed by atoms with Gasteiger partial charge in [0.1, 0.15) is 11.5 Å². The highest BCUT2D eigenvalue weighted by molar-refractivity contribution is 5.97. The van der Waals surface area contributed by atoms with E-state index in [1.807, 2.05) is 54.6 Å². The minimum absolute atomic E-state index is 0.148. The van der Waals surface area contributed by atoms with Crippen molar-refractivity contribution in [1.29, 1.82) is 0 Å². The lowest BCUT2D eigenvalue weighted by Gasteiger charge is -2.11. The van der Waals surface area contributed by atoms with Crippen LogP contribution in [0.15, 0.2) is 79.1 Å². The monoisotopic (exact) mass is 318 g/mol. The van der Waals surface area contributed by atoms with Gasteiger partial charge in [-0.05, 0) is 42.3 Å². The van der Waals surface area contributed by atoms with Crippen molar-refractivity contribution in [2.45, 2.75) is 6.42 Å². The maximum Gasteiger partial charge on any atom is 0.255 e. The largest absolute Gasteiger partial charge is 0.457 e. The molecule has 24 heavy (non-hydrogen) atoms. The molecule has 1 N–H and O–H groups in total. The molecular formula is C20H18N2O2. The minimum atomic E-state index is -0.148. The van der Waals surface area contributed by atoms with E-state index in [2.05, 4.69) is 10.3 Å². The van der Waals surface area contributed by atoms with Crippen molar-refractivity contribution in [1.82, 2.24) is 10.3 Å². The molecule has 4 heteroatoms. The lowest BCUT2D eigenvalue weighted by atomic mass is 10.1. The first-order valence-electron chi connectivity index (χ1n) is 7.82. The van der Waals surface area contributed by atoms with Crippen molar-refractivity contribution in [2.24, 2.45) is 0 Å². The topological polar surface area (TPSA) is 51.2 Å². The van der Waals surface area contributed by atoms with Crippen LogP contribution in [0.3, 0.4) is 0 Å². The molecule has 0 fully saturated rings. The summed E-state index contributed by atoms with van der Waals surface area (Å²) in [6, 6.07) is 20.5. The Balaban J connectivity index is 1.64. The van der Waals surface area contributed by atoms with Gasteiger partial charge in [0, 0.05) is 18.9 Å². The second-order valence-corrected chi connectivity index (χ2v) is 5.28. The average Bonchev–Trinajstić information content (AvgIpc) is 2.64. The summed E-state index contributed by atoms with van der Waals surface area (Å²) >= 11 is 0. The molecule has 0 aliphatic rings. The highest BCUT2D eigenvalue weighted by Gasteiger charge is 2.12. The molecule has 120 valence electrons. The Labute approximate surface area is 141 Å². The number of nitrogens with zero attached hydrogens (tertiary/aromatic N) is 1. The van der Waals surface area contributed by atoms with Crippen LogP contribution in [0.2, 0.25) is 0 Å². The molecule has 1 heterocycles. The molecule has 1 aromatic heterocycles. The molecule has 1 amide bonds. The Morgan fingerprint density at radius 2 is 1.75 bits per heavy atom. The molecule has 0 aliphatic heterocycles. The first-order valence-corrected chi connectivity index (χ1v) is 7.82. The molecule has 0 saturated carbocycles. The number of para-hydroxylation sites is 2. The van der Waals surface area contributed by atoms with Gasteiger partial charge in [-0.2, -0.15) is 0 Å². The molecule has 0 unspecified atom stereocenters. The molecule has 3 rings (SSSR count). The number of hydrogen-bond donors (Lipinski definition) is 1. The lowest BCUT2D eigenvalue weighted by molar-refractivity contribution is 0.0952. The average molecular weight is 318 g/mol. The second kappa shape index (κ2) is 7.92. The van der Waals surface area contributed by atoms with Gasteiger partial charge in [0.25, 0.3) is 5.91 Å². The van der Waals surface area contributed by atoms with E-state index < -0.39 is 0 Å². The third-order valence-electron chi connectivity index (χ3n) is 3.52. The van der Waals surface area contributed by atoms with E-state index in [-0.39, 0.29) is 5.91 Å². The molecule has 0 bridgehead atoms. The van der Waals surface area contributed by atoms with Crippen molar-refractivity contribution in [3.63, 3.8) is 0 Å². The quantitative estimate of drug-likeness (QED) is 0.751. The zero-order valence-electron chi connectivity index (χ0n) is 13.2. The molecule has 3 aromatic rings. The Morgan fingerprint density at radius 1 is 0.958 bits per heavy atom. The van der Waals surface area contributed by atoms with Crippen molar-refractivity contribution >= 4 is 5.91 Å². The second-order valence-electron chi connectivity index (χ2n) is 5.28. The van der Waals surface area contributed by atoms with Crippen LogP contribution in [-0.2, 0) is 6.42 Å². The van der Waals surface area contributed by atoms with E-state index in [1.165, 1.54) is 0 Å². The summed E-state index contributed by atoms with van der Waals surface area (Å²) in [5.41, 5.74) is 1.61. The minimum Gasteiger partial charge on any atom is -0.457 e. The Kier molecular flexibility index (Phi) is 5.20. The number of benzene rings is 2. The molecule has 0 saturated heterocycles. The Bertz CT molecular complexity index is 789. The van der Waals surface area contributed by atoms with Crippen molar-refractivity contribution < 1.29 is 9.53 Å². The zero-order valence-corrected chi connectivity index (χ0v) is 13.2. The molecule has 0 atom stereocenters. The zero-order chi connectivity index (χ0) is 16.6. The van der Waals surface area contributed by atoms with Crippen LogP contribution >= 0.6 is 0 Å². The van der Waals surface area contributed by atoms with Crippen LogP contribution < -0.4 is 10.1 Å². The lowest BCUT2D eigenvalue weighted by Crippen LogP contribution is -2.26. The number of amides is 1. The van der Waals surface area contributed by atoms with Crippen LogP contribution in [0, 0.1) is 0 Å². The van der Waals surface area contributed by atoms with Gasteiger partial charge < -0.3 is 10.1 Å². The van der Waals surface area contributed by atoms with Gasteiger partial charge in [-0.3, -0.25) is 9.78 Å². The molecule has 4 nitrogen and oxygen atoms in total. The maximum atomic E-state index is 12.4. The van der Waals surface area contributed by atoms with Gasteiger partial charge in [0.2, 0.25) is 0 Å². The fourth-order valence-electron chi connectivity index (χ4n) is 2.32. The van der Waals surface area contributed by atoms with Gasteiger partial charge in [0.05, 0.1) is 5.56 Å². The molecule has 0 aliphatic carbocycles. The van der Waals surface area contributed by atoms with Gasteiger partial charge in [0.15, 0.2) is 0 Å². The highest BCUT2D eigenvalue weighted by Crippen LogP contribution is 2.24. The van der Waals surface area contributed by atoms with E-state index in [1.54, 1.807) is 24.5 Å². The highest BCUT2D eigenvalue weighted by atomic mass is 16.5. The van der Waals surface area contributed by atoms with Crippen LogP contribution in [0.4, 0.5) is 0 Å². The first kappa shape index (κ1) is 15.7. The number of nitrogens with one attached hydrogen (secondary N) is 1. The van der Waals surface area contributed by atoms with Gasteiger partial charge in [-0.1, -0.05) is 36.4 Å². The third-order valence-corrected chi connectivity index (χ3v) is 3.52. The summed E-state index contributed by atoms with van der Waals surface area (Å²) in [5, 5.41) is 2.93. The number of ether oxygens (including phenoxy) is 1. The summed E-state index contributed by atoms with van der Waals surface area (Å²) in [5.74, 6) is 1.10. The Morgan fingerprint density at radius 3 is 2.54 bits per heavy atom. The van der Waals surface area contributed by atoms with E-state index in [4.69, 9.17) is 4.74 Å². The number of carbonyl (C=O) groups excluding carboxylic acids is 1. The summed E-state index contributed by atoms with van der Waals surface area (Å²) in [4.78, 5) is 16.5. The molecule has 2 aromatic carbocycles. The molecular weight excluding hydrogens is 300 g/mol. The summed E-state index contributed by atoms with van der Waals surface area (Å²) in [6.07, 6.45) is 4.28. The van der Waals surface area contributed by atoms with Crippen LogP contribution in [0.5, 0.6) is 11.5 Å². The maximum absolute atomic E-state index is 12.4. The van der Waals surface area contributed by atoms with Gasteiger partial charge in [-0.25, -0.2) is 0 Å². The van der Waals surface area contributed by atoms with E-state index >= 15 is 0 Å². The summed E-state index contributed by atoms with van der Waals surface area (Å²) in [7, 11) is 0. The SMILES string of the molecule is O=C(NCCc1cccnc1)c1ccccc1Oc1ccccc1. The third kappa shape index (κ3) is 4.20. The van der Waals surface area contributed by atoms with E-state index in [0.29, 0.717) is 23.6 Å². The standard InChI is InChI=1S/C20H18N2O2/c23-20(22-14-12-16-7-6-13-21-15-16)18-10-4-5-11-19(18)24-17-8-2-1-3-9-17/h1-11,13,15H,12,14H2,(H,22,23). The van der Waals surface area contributed by atoms with Crippen LogP contribution in [0.25, 0.3) is 0 Å². The van der Waals surface area contributed by atoms with E-state index in [9.17, 15) is 4.79 Å². The number of carbonyl (C=O) groups is 1. The van der Waals surface area contributed by atoms with Crippen molar-refractivity contribution in [3.05, 3.63) is 90.3 Å². The van der Waals surface area contributed by atoms with E-state index in [0.717, 1.165) is 12.0 Å². The molecule has 0 spiro atoms. The normalized spacial score (nSPS) is 10.2. The summed E-state index contributed by atoms with van der Waals surface area (Å²) in [6.45, 7) is 0.546. The van der Waals surface area contributed by atoms with Crippen LogP contribution in [0.1, 0.15) is 15.9 Å². The number of hydrogen-bond acceptors (Lipinski definition) is 3. The Hall–Kier alpha value is -3.14. The number of pyridine rings is 1. The van der Waals surface area contributed by atoms with Crippen LogP contribution in [-0.4, -0.2) is 17.4 Å². The predicted octanol–water partition coefficient (Wildman–Crippen LogP) is 3.85. The number of aromatic nitrogens is 1. The fourth-order valence-corrected chi connectivity index (χ4v) is 2.32. The predicted molar refractivity (Wildman–Crippen MR) is 93.2 cm³/mol. The van der Waals surface area contributed by atoms with Gasteiger partial charge in [-0.15, -0.1) is 0 Å². The van der Waals surface area contributed by atoms with Gasteiger partial charge >= 0.3 is 0 Å². The first-order chi connectivity index (χ1) is 11.8. The summed E-state index contributed by atoms with van der Waals surface area (Å²) < 4.78 is 5.82. The fraction of sp³-hybridized carbons (Fsp3) is 0.100. The van der Waals surface area contributed by atoms with Crippen molar-refractivity contribution in [2.75, 3.05) is 6.54 Å². The van der Waals surface area contributed by atoms with Crippen molar-refractivity contribution in [3.8, 4) is 11.5 Å². The molecule has 0 radical (unpaired) electrons. The number of rotatable bonds is 6.